The van der Waals surface area contributed by atoms with Crippen LogP contribution in [0.15, 0.2) is 36.7 Å². The van der Waals surface area contributed by atoms with Gasteiger partial charge >= 0.3 is 0 Å². The summed E-state index contributed by atoms with van der Waals surface area (Å²) in [5.74, 6) is 1.14. The van der Waals surface area contributed by atoms with Crippen LogP contribution in [0.4, 0.5) is 0 Å². The number of hydrogen-bond acceptors (Lipinski definition) is 4. The van der Waals surface area contributed by atoms with Crippen molar-refractivity contribution in [1.29, 1.82) is 0 Å². The van der Waals surface area contributed by atoms with Crippen LogP contribution in [-0.4, -0.2) is 15.0 Å². The average molecular weight is 287 g/mol. The van der Waals surface area contributed by atoms with Crippen LogP contribution in [0, 0.1) is 0 Å². The van der Waals surface area contributed by atoms with Crippen molar-refractivity contribution in [1.82, 2.24) is 9.97 Å². The molecule has 104 valence electrons. The van der Waals surface area contributed by atoms with Gasteiger partial charge in [-0.1, -0.05) is 45.1 Å². The van der Waals surface area contributed by atoms with Gasteiger partial charge < -0.3 is 10.5 Å². The van der Waals surface area contributed by atoms with Crippen molar-refractivity contribution in [2.24, 2.45) is 5.73 Å². The van der Waals surface area contributed by atoms with E-state index in [1.807, 2.05) is 18.2 Å². The zero-order valence-corrected chi connectivity index (χ0v) is 12.6. The molecular formula is C15H17N3OS. The maximum atomic E-state index is 5.69. The number of ether oxygens (including phenoxy) is 1. The first-order valence-corrected chi connectivity index (χ1v) is 6.67. The highest BCUT2D eigenvalue weighted by Gasteiger charge is 2.14. The Morgan fingerprint density at radius 3 is 2.50 bits per heavy atom. The van der Waals surface area contributed by atoms with Crippen LogP contribution in [0.3, 0.4) is 0 Å². The highest BCUT2D eigenvalue weighted by Crippen LogP contribution is 2.27. The number of nitrogens with zero attached hydrogens (tertiary/aromatic N) is 2. The van der Waals surface area contributed by atoms with Crippen molar-refractivity contribution in [2.45, 2.75) is 26.2 Å². The highest BCUT2D eigenvalue weighted by atomic mass is 32.1. The van der Waals surface area contributed by atoms with Crippen LogP contribution >= 0.6 is 12.2 Å². The molecule has 0 aliphatic heterocycles. The van der Waals surface area contributed by atoms with E-state index < -0.39 is 0 Å². The molecule has 5 heteroatoms. The van der Waals surface area contributed by atoms with E-state index in [4.69, 9.17) is 22.7 Å². The lowest BCUT2D eigenvalue weighted by Crippen LogP contribution is -2.12. The Labute approximate surface area is 124 Å². The van der Waals surface area contributed by atoms with Gasteiger partial charge in [-0.05, 0) is 23.1 Å². The molecule has 20 heavy (non-hydrogen) atoms. The first-order valence-electron chi connectivity index (χ1n) is 6.26. The van der Waals surface area contributed by atoms with E-state index in [2.05, 4.69) is 36.8 Å². The SMILES string of the molecule is CC(C)(C)c1cccc(Oc2cnc(C(N)=S)cn2)c1. The topological polar surface area (TPSA) is 61.0 Å². The first-order chi connectivity index (χ1) is 9.36. The number of rotatable bonds is 3. The third-order valence-corrected chi connectivity index (χ3v) is 3.01. The molecule has 0 amide bonds. The second-order valence-electron chi connectivity index (χ2n) is 5.48. The summed E-state index contributed by atoms with van der Waals surface area (Å²) in [6, 6.07) is 7.93. The second kappa shape index (κ2) is 5.54. The van der Waals surface area contributed by atoms with E-state index in [1.54, 1.807) is 0 Å². The fourth-order valence-corrected chi connectivity index (χ4v) is 1.75. The fourth-order valence-electron chi connectivity index (χ4n) is 1.64. The maximum absolute atomic E-state index is 5.69. The Kier molecular flexibility index (Phi) is 3.99. The lowest BCUT2D eigenvalue weighted by molar-refractivity contribution is 0.457. The molecule has 4 nitrogen and oxygen atoms in total. The van der Waals surface area contributed by atoms with Gasteiger partial charge in [-0.25, -0.2) is 9.97 Å². The van der Waals surface area contributed by atoms with E-state index in [1.165, 1.54) is 18.0 Å². The fraction of sp³-hybridized carbons (Fsp3) is 0.267. The van der Waals surface area contributed by atoms with E-state index in [0.29, 0.717) is 11.6 Å². The van der Waals surface area contributed by atoms with E-state index >= 15 is 0 Å². The monoisotopic (exact) mass is 287 g/mol. The quantitative estimate of drug-likeness (QED) is 0.878. The van der Waals surface area contributed by atoms with Crippen LogP contribution in [0.25, 0.3) is 0 Å². The minimum Gasteiger partial charge on any atom is -0.437 e. The van der Waals surface area contributed by atoms with E-state index in [-0.39, 0.29) is 10.4 Å². The lowest BCUT2D eigenvalue weighted by Gasteiger charge is -2.19. The molecule has 0 atom stereocenters. The van der Waals surface area contributed by atoms with Gasteiger partial charge in [0, 0.05) is 0 Å². The highest BCUT2D eigenvalue weighted by molar-refractivity contribution is 7.80. The molecule has 0 unspecified atom stereocenters. The van der Waals surface area contributed by atoms with Crippen molar-refractivity contribution in [3.05, 3.63) is 47.9 Å². The summed E-state index contributed by atoms with van der Waals surface area (Å²) in [7, 11) is 0. The molecule has 0 aliphatic carbocycles. The number of thiocarbonyl (C=S) groups is 1. The molecule has 0 bridgehead atoms. The molecule has 0 saturated heterocycles. The van der Waals surface area contributed by atoms with Crippen LogP contribution in [0.5, 0.6) is 11.6 Å². The van der Waals surface area contributed by atoms with Gasteiger partial charge in [0.25, 0.3) is 0 Å². The lowest BCUT2D eigenvalue weighted by atomic mass is 9.87. The number of benzene rings is 1. The first kappa shape index (κ1) is 14.4. The Bertz CT molecular complexity index is 618. The standard InChI is InChI=1S/C15H17N3OS/c1-15(2,3)10-5-4-6-11(7-10)19-13-9-17-12(8-18-13)14(16)20/h4-9H,1-3H3,(H2,16,20). The molecule has 0 saturated carbocycles. The Morgan fingerprint density at radius 2 is 1.95 bits per heavy atom. The van der Waals surface area contributed by atoms with Crippen LogP contribution in [-0.2, 0) is 5.41 Å². The van der Waals surface area contributed by atoms with Gasteiger partial charge in [-0.15, -0.1) is 0 Å². The van der Waals surface area contributed by atoms with Crippen molar-refractivity contribution >= 4 is 17.2 Å². The molecule has 1 heterocycles. The summed E-state index contributed by atoms with van der Waals surface area (Å²) in [6.45, 7) is 6.47. The molecule has 2 aromatic rings. The van der Waals surface area contributed by atoms with Crippen LogP contribution in [0.1, 0.15) is 32.0 Å². The summed E-state index contributed by atoms with van der Waals surface area (Å²) >= 11 is 4.83. The number of hydrogen-bond donors (Lipinski definition) is 1. The van der Waals surface area contributed by atoms with Crippen LogP contribution in [0.2, 0.25) is 0 Å². The number of nitrogens with two attached hydrogens (primary N) is 1. The summed E-state index contributed by atoms with van der Waals surface area (Å²) < 4.78 is 5.69. The Hall–Kier alpha value is -2.01. The predicted molar refractivity (Wildman–Crippen MR) is 83.1 cm³/mol. The second-order valence-corrected chi connectivity index (χ2v) is 5.92. The molecule has 0 fully saturated rings. The zero-order valence-electron chi connectivity index (χ0n) is 11.8. The molecule has 0 aliphatic rings. The van der Waals surface area contributed by atoms with Crippen molar-refractivity contribution in [2.75, 3.05) is 0 Å². The minimum absolute atomic E-state index is 0.0701. The average Bonchev–Trinajstić information content (AvgIpc) is 2.38. The third-order valence-electron chi connectivity index (χ3n) is 2.80. The summed E-state index contributed by atoms with van der Waals surface area (Å²) in [5.41, 5.74) is 7.22. The van der Waals surface area contributed by atoms with Gasteiger partial charge in [0.2, 0.25) is 5.88 Å². The maximum Gasteiger partial charge on any atom is 0.237 e. The summed E-state index contributed by atoms with van der Waals surface area (Å²) in [4.78, 5) is 8.45. The third kappa shape index (κ3) is 3.51. The van der Waals surface area contributed by atoms with Gasteiger partial charge in [0.05, 0.1) is 12.4 Å². The molecule has 0 radical (unpaired) electrons. The van der Waals surface area contributed by atoms with Gasteiger partial charge in [-0.3, -0.25) is 0 Å². The van der Waals surface area contributed by atoms with Crippen molar-refractivity contribution < 1.29 is 4.74 Å². The number of aromatic nitrogens is 2. The largest absolute Gasteiger partial charge is 0.437 e. The zero-order chi connectivity index (χ0) is 14.8. The Morgan fingerprint density at radius 1 is 1.20 bits per heavy atom. The summed E-state index contributed by atoms with van der Waals surface area (Å²) in [5, 5.41) is 0. The van der Waals surface area contributed by atoms with E-state index in [0.717, 1.165) is 5.75 Å². The van der Waals surface area contributed by atoms with Gasteiger partial charge in [0.1, 0.15) is 16.4 Å². The smallest absolute Gasteiger partial charge is 0.237 e. The van der Waals surface area contributed by atoms with Crippen LogP contribution < -0.4 is 10.5 Å². The van der Waals surface area contributed by atoms with Gasteiger partial charge in [0.15, 0.2) is 0 Å². The molecule has 2 N–H and O–H groups in total. The molecule has 1 aromatic carbocycles. The van der Waals surface area contributed by atoms with Crippen molar-refractivity contribution in [3.8, 4) is 11.6 Å². The predicted octanol–water partition coefficient (Wildman–Crippen LogP) is 3.20. The molecular weight excluding hydrogens is 270 g/mol. The van der Waals surface area contributed by atoms with E-state index in [9.17, 15) is 0 Å². The molecule has 0 spiro atoms. The molecule has 2 rings (SSSR count). The Balaban J connectivity index is 2.20. The summed E-state index contributed by atoms with van der Waals surface area (Å²) in [6.07, 6.45) is 3.02. The van der Waals surface area contributed by atoms with Gasteiger partial charge in [-0.2, -0.15) is 0 Å². The minimum atomic E-state index is 0.0701. The molecule has 1 aromatic heterocycles. The normalized spacial score (nSPS) is 11.2. The van der Waals surface area contributed by atoms with Crippen molar-refractivity contribution in [3.63, 3.8) is 0 Å².